The molecule has 0 radical (unpaired) electrons. The summed E-state index contributed by atoms with van der Waals surface area (Å²) in [6.07, 6.45) is -0.628. The molecule has 124 valence electrons. The Labute approximate surface area is 138 Å². The van der Waals surface area contributed by atoms with E-state index in [4.69, 9.17) is 5.11 Å². The fourth-order valence-electron chi connectivity index (χ4n) is 3.14. The van der Waals surface area contributed by atoms with Gasteiger partial charge in [0.15, 0.2) is 0 Å². The molecule has 1 aliphatic heterocycles. The van der Waals surface area contributed by atoms with Gasteiger partial charge in [0.25, 0.3) is 5.91 Å². The maximum Gasteiger partial charge on any atom is 0.405 e. The first-order valence-electron chi connectivity index (χ1n) is 7.65. The molecule has 0 aliphatic carbocycles. The Morgan fingerprint density at radius 3 is 2.50 bits per heavy atom. The fourth-order valence-corrected chi connectivity index (χ4v) is 3.14. The summed E-state index contributed by atoms with van der Waals surface area (Å²) in [7, 11) is 0. The quantitative estimate of drug-likeness (QED) is 0.885. The highest BCUT2D eigenvalue weighted by Crippen LogP contribution is 2.37. The number of carbonyl (C=O) groups is 2. The number of carboxylic acid groups (broad SMARTS) is 1. The van der Waals surface area contributed by atoms with E-state index in [1.807, 2.05) is 19.1 Å². The third kappa shape index (κ3) is 2.95. The Kier molecular flexibility index (Phi) is 4.20. The lowest BCUT2D eigenvalue weighted by Gasteiger charge is -2.39. The molecule has 2 aromatic rings. The number of anilines is 1. The van der Waals surface area contributed by atoms with Crippen molar-refractivity contribution in [1.29, 1.82) is 0 Å². The summed E-state index contributed by atoms with van der Waals surface area (Å²) in [5, 5.41) is 11.5. The molecule has 0 bridgehead atoms. The van der Waals surface area contributed by atoms with Crippen molar-refractivity contribution in [3.8, 4) is 0 Å². The topological polar surface area (TPSA) is 69.6 Å². The van der Waals surface area contributed by atoms with Crippen molar-refractivity contribution in [2.75, 3.05) is 4.90 Å². The average Bonchev–Trinajstić information content (AvgIpc) is 2.54. The molecule has 0 saturated heterocycles. The highest BCUT2D eigenvalue weighted by Gasteiger charge is 2.34. The number of nitrogens with one attached hydrogen (secondary N) is 1. The molecule has 0 aromatic heterocycles. The van der Waals surface area contributed by atoms with Crippen LogP contribution < -0.4 is 10.2 Å². The molecule has 3 rings (SSSR count). The minimum atomic E-state index is -1.10. The Morgan fingerprint density at radius 2 is 1.83 bits per heavy atom. The maximum absolute atomic E-state index is 13.1. The van der Waals surface area contributed by atoms with Gasteiger partial charge < -0.3 is 15.3 Å². The second-order valence-electron chi connectivity index (χ2n) is 5.83. The van der Waals surface area contributed by atoms with Crippen molar-refractivity contribution >= 4 is 17.7 Å². The van der Waals surface area contributed by atoms with Crippen LogP contribution in [0.1, 0.15) is 35.3 Å². The number of amides is 2. The number of halogens is 1. The third-order valence-electron chi connectivity index (χ3n) is 4.20. The minimum absolute atomic E-state index is 0.200. The van der Waals surface area contributed by atoms with Crippen molar-refractivity contribution < 1.29 is 19.1 Å². The van der Waals surface area contributed by atoms with Crippen molar-refractivity contribution in [1.82, 2.24) is 5.32 Å². The van der Waals surface area contributed by atoms with Gasteiger partial charge >= 0.3 is 6.09 Å². The molecule has 0 unspecified atom stereocenters. The molecule has 6 heteroatoms. The Hall–Kier alpha value is -2.89. The fraction of sp³-hybridized carbons (Fsp3) is 0.222. The SMILES string of the molecule is C[C@H]1C[C@@H](NC(=O)O)c2ccccc2N1C(=O)c1ccc(F)cc1. The van der Waals surface area contributed by atoms with E-state index < -0.39 is 11.9 Å². The molecule has 2 amide bonds. The van der Waals surface area contributed by atoms with Crippen LogP contribution in [0.5, 0.6) is 0 Å². The predicted octanol–water partition coefficient (Wildman–Crippen LogP) is 3.57. The number of hydrogen-bond acceptors (Lipinski definition) is 2. The van der Waals surface area contributed by atoms with Gasteiger partial charge in [0.1, 0.15) is 5.82 Å². The zero-order valence-corrected chi connectivity index (χ0v) is 13.1. The Morgan fingerprint density at radius 1 is 1.17 bits per heavy atom. The molecule has 2 aromatic carbocycles. The molecule has 5 nitrogen and oxygen atoms in total. The average molecular weight is 328 g/mol. The van der Waals surface area contributed by atoms with Crippen LogP contribution >= 0.6 is 0 Å². The van der Waals surface area contributed by atoms with Crippen LogP contribution in [0.2, 0.25) is 0 Å². The van der Waals surface area contributed by atoms with Gasteiger partial charge in [-0.3, -0.25) is 4.79 Å². The molecular weight excluding hydrogens is 311 g/mol. The van der Waals surface area contributed by atoms with Gasteiger partial charge in [-0.05, 0) is 49.2 Å². The molecule has 0 saturated carbocycles. The van der Waals surface area contributed by atoms with Crippen LogP contribution in [0.4, 0.5) is 14.9 Å². The molecule has 1 aliphatic rings. The summed E-state index contributed by atoms with van der Waals surface area (Å²) in [6, 6.07) is 12.1. The summed E-state index contributed by atoms with van der Waals surface area (Å²) in [5.41, 5.74) is 1.82. The van der Waals surface area contributed by atoms with E-state index in [1.165, 1.54) is 24.3 Å². The first-order chi connectivity index (χ1) is 11.5. The van der Waals surface area contributed by atoms with Crippen molar-refractivity contribution in [3.63, 3.8) is 0 Å². The lowest BCUT2D eigenvalue weighted by Crippen LogP contribution is -2.46. The van der Waals surface area contributed by atoms with Gasteiger partial charge in [-0.15, -0.1) is 0 Å². The number of carbonyl (C=O) groups excluding carboxylic acids is 1. The van der Waals surface area contributed by atoms with E-state index in [0.717, 1.165) is 5.56 Å². The Balaban J connectivity index is 2.00. The van der Waals surface area contributed by atoms with Crippen LogP contribution in [0, 0.1) is 5.82 Å². The number of benzene rings is 2. The third-order valence-corrected chi connectivity index (χ3v) is 4.20. The molecule has 1 heterocycles. The lowest BCUT2D eigenvalue weighted by molar-refractivity contribution is 0.0973. The zero-order valence-electron chi connectivity index (χ0n) is 13.1. The number of para-hydroxylation sites is 1. The van der Waals surface area contributed by atoms with E-state index in [9.17, 15) is 14.0 Å². The van der Waals surface area contributed by atoms with E-state index >= 15 is 0 Å². The van der Waals surface area contributed by atoms with E-state index in [0.29, 0.717) is 17.7 Å². The van der Waals surface area contributed by atoms with Gasteiger partial charge in [0, 0.05) is 17.3 Å². The smallest absolute Gasteiger partial charge is 0.405 e. The second-order valence-corrected chi connectivity index (χ2v) is 5.83. The first-order valence-corrected chi connectivity index (χ1v) is 7.65. The van der Waals surface area contributed by atoms with Crippen molar-refractivity contribution in [2.24, 2.45) is 0 Å². The van der Waals surface area contributed by atoms with Crippen LogP contribution in [0.3, 0.4) is 0 Å². The molecular formula is C18H17FN2O3. The molecule has 0 fully saturated rings. The van der Waals surface area contributed by atoms with E-state index in [-0.39, 0.29) is 18.0 Å². The normalized spacial score (nSPS) is 19.5. The standard InChI is InChI=1S/C18H17FN2O3/c1-11-10-15(20-18(23)24)14-4-2-3-5-16(14)21(11)17(22)12-6-8-13(19)9-7-12/h2-9,11,15,20H,10H2,1H3,(H,23,24)/t11-,15+/m0/s1. The van der Waals surface area contributed by atoms with Gasteiger partial charge in [-0.2, -0.15) is 0 Å². The van der Waals surface area contributed by atoms with Crippen LogP contribution in [0.15, 0.2) is 48.5 Å². The summed E-state index contributed by atoms with van der Waals surface area (Å²) in [6.45, 7) is 1.87. The summed E-state index contributed by atoms with van der Waals surface area (Å²) < 4.78 is 13.1. The minimum Gasteiger partial charge on any atom is -0.465 e. The second kappa shape index (κ2) is 6.31. The number of hydrogen-bond donors (Lipinski definition) is 2. The molecule has 0 spiro atoms. The van der Waals surface area contributed by atoms with Crippen molar-refractivity contribution in [2.45, 2.75) is 25.4 Å². The van der Waals surface area contributed by atoms with Gasteiger partial charge in [0.2, 0.25) is 0 Å². The summed E-state index contributed by atoms with van der Waals surface area (Å²) in [4.78, 5) is 25.5. The van der Waals surface area contributed by atoms with Crippen LogP contribution in [-0.2, 0) is 0 Å². The molecule has 2 atom stereocenters. The van der Waals surface area contributed by atoms with Gasteiger partial charge in [-0.1, -0.05) is 18.2 Å². The van der Waals surface area contributed by atoms with Gasteiger partial charge in [0.05, 0.1) is 6.04 Å². The van der Waals surface area contributed by atoms with Crippen LogP contribution in [0.25, 0.3) is 0 Å². The molecule has 24 heavy (non-hydrogen) atoms. The summed E-state index contributed by atoms with van der Waals surface area (Å²) >= 11 is 0. The predicted molar refractivity (Wildman–Crippen MR) is 87.6 cm³/mol. The molecule has 2 N–H and O–H groups in total. The first kappa shape index (κ1) is 16.0. The number of rotatable bonds is 2. The van der Waals surface area contributed by atoms with Gasteiger partial charge in [-0.25, -0.2) is 9.18 Å². The number of fused-ring (bicyclic) bond motifs is 1. The van der Waals surface area contributed by atoms with Crippen molar-refractivity contribution in [3.05, 3.63) is 65.5 Å². The maximum atomic E-state index is 13.1. The Bertz CT molecular complexity index is 776. The van der Waals surface area contributed by atoms with E-state index in [2.05, 4.69) is 5.32 Å². The monoisotopic (exact) mass is 328 g/mol. The van der Waals surface area contributed by atoms with Crippen LogP contribution in [-0.4, -0.2) is 23.1 Å². The van der Waals surface area contributed by atoms with E-state index in [1.54, 1.807) is 17.0 Å². The largest absolute Gasteiger partial charge is 0.465 e. The zero-order chi connectivity index (χ0) is 17.3. The highest BCUT2D eigenvalue weighted by atomic mass is 19.1. The lowest BCUT2D eigenvalue weighted by atomic mass is 9.91. The summed E-state index contributed by atoms with van der Waals surface area (Å²) in [5.74, 6) is -0.631. The number of nitrogens with zero attached hydrogens (tertiary/aromatic N) is 1. The highest BCUT2D eigenvalue weighted by molar-refractivity contribution is 6.07.